The second-order valence-electron chi connectivity index (χ2n) is 11.0. The summed E-state index contributed by atoms with van der Waals surface area (Å²) in [7, 11) is -0.618. The average molecular weight is 830 g/mol. The summed E-state index contributed by atoms with van der Waals surface area (Å²) in [6.45, 7) is 14.8. The number of hydrogen-bond acceptors (Lipinski definition) is 0. The molecular weight excluding hydrogens is 773 g/mol. The van der Waals surface area contributed by atoms with Crippen LogP contribution >= 0.6 is 15.8 Å². The van der Waals surface area contributed by atoms with Crippen molar-refractivity contribution < 1.29 is 21.1 Å². The molecule has 0 heterocycles. The Morgan fingerprint density at radius 3 is 0.935 bits per heavy atom. The summed E-state index contributed by atoms with van der Waals surface area (Å²) < 4.78 is 0. The van der Waals surface area contributed by atoms with Gasteiger partial charge in [-0.25, -0.2) is 0 Å². The van der Waals surface area contributed by atoms with Crippen molar-refractivity contribution in [1.82, 2.24) is 0 Å². The van der Waals surface area contributed by atoms with Crippen molar-refractivity contribution in [1.29, 1.82) is 0 Å². The Morgan fingerprint density at radius 1 is 0.413 bits per heavy atom. The van der Waals surface area contributed by atoms with Gasteiger partial charge in [-0.1, -0.05) is 159 Å². The molecule has 0 aliphatic rings. The van der Waals surface area contributed by atoms with E-state index in [1.54, 1.807) is 0 Å². The van der Waals surface area contributed by atoms with Gasteiger partial charge in [0.2, 0.25) is 0 Å². The molecule has 0 aliphatic heterocycles. The van der Waals surface area contributed by atoms with Crippen LogP contribution in [0.25, 0.3) is 0 Å². The van der Waals surface area contributed by atoms with E-state index in [1.165, 1.54) is 91.3 Å². The van der Waals surface area contributed by atoms with Crippen LogP contribution in [0.3, 0.4) is 0 Å². The fourth-order valence-electron chi connectivity index (χ4n) is 4.92. The molecule has 0 saturated carbocycles. The molecule has 4 aromatic carbocycles. The molecule has 0 fully saturated rings. The Morgan fingerprint density at radius 2 is 0.696 bits per heavy atom. The summed E-state index contributed by atoms with van der Waals surface area (Å²) in [5, 5.41) is 5.94. The predicted molar refractivity (Wildman–Crippen MR) is 210 cm³/mol. The Bertz CT molecular complexity index is 1050. The van der Waals surface area contributed by atoms with Crippen LogP contribution < -0.4 is 21.2 Å². The minimum Gasteiger partial charge on any atom is -0.343 e. The summed E-state index contributed by atoms with van der Waals surface area (Å²) >= 11 is 0. The predicted octanol–water partition coefficient (Wildman–Crippen LogP) is 11.6. The van der Waals surface area contributed by atoms with E-state index in [0.29, 0.717) is 0 Å². The van der Waals surface area contributed by atoms with E-state index < -0.39 is 0 Å². The van der Waals surface area contributed by atoms with Gasteiger partial charge in [0.25, 0.3) is 0 Å². The number of benzene rings is 4. The Labute approximate surface area is 300 Å². The van der Waals surface area contributed by atoms with Gasteiger partial charge in [-0.15, -0.1) is 13.2 Å². The minimum absolute atomic E-state index is 0. The van der Waals surface area contributed by atoms with E-state index >= 15 is 0 Å². The van der Waals surface area contributed by atoms with Gasteiger partial charge in [0.1, 0.15) is 0 Å². The maximum absolute atomic E-state index is 3.76. The average Bonchev–Trinajstić information content (AvgIpc) is 3.11. The van der Waals surface area contributed by atoms with Crippen LogP contribution in [0.5, 0.6) is 0 Å². The Kier molecular flexibility index (Phi) is 26.5. The third-order valence-electron chi connectivity index (χ3n) is 7.35. The second kappa shape index (κ2) is 29.1. The van der Waals surface area contributed by atoms with Crippen LogP contribution in [0.2, 0.25) is 0 Å². The third kappa shape index (κ3) is 18.3. The van der Waals surface area contributed by atoms with Gasteiger partial charge in [0, 0.05) is 0 Å². The molecule has 0 aliphatic carbocycles. The van der Waals surface area contributed by atoms with Crippen molar-refractivity contribution in [2.45, 2.75) is 70.6 Å². The molecule has 0 nitrogen and oxygen atoms in total. The SMILES string of the molecule is C=CCCCCC[CH2-].C=CCCCCC[CH2-].[Pt+2].c1ccc(P(CCCP(c2ccccc2)c2ccccc2)c2ccccc2)cc1. The van der Waals surface area contributed by atoms with E-state index in [9.17, 15) is 0 Å². The number of unbranched alkanes of at least 4 members (excludes halogenated alkanes) is 8. The molecule has 46 heavy (non-hydrogen) atoms. The molecule has 3 heteroatoms. The van der Waals surface area contributed by atoms with Gasteiger partial charge in [-0.05, 0) is 81.5 Å². The standard InChI is InChI=1S/C27H26P2.2C8H15.Pt/c1-5-14-24(15-6-1)28(25-16-7-2-8-17-25)22-13-23-29(26-18-9-3-10-19-26)27-20-11-4-12-21-27;2*1-3-5-7-8-6-4-2;/h1-12,14-21H,13,22-23H2;2*3H,1-2,4-8H2;/q;2*-1;+2. The topological polar surface area (TPSA) is 0 Å². The maximum atomic E-state index is 3.76. The van der Waals surface area contributed by atoms with Gasteiger partial charge in [-0.2, -0.15) is 12.8 Å². The first-order chi connectivity index (χ1) is 22.2. The molecule has 0 unspecified atom stereocenters. The molecule has 4 rings (SSSR count). The molecule has 0 amide bonds. The molecule has 0 radical (unpaired) electrons. The molecule has 0 aromatic heterocycles. The van der Waals surface area contributed by atoms with Crippen LogP contribution in [0, 0.1) is 13.8 Å². The normalized spacial score (nSPS) is 10.2. The zero-order valence-electron chi connectivity index (χ0n) is 27.9. The van der Waals surface area contributed by atoms with E-state index in [0.717, 1.165) is 12.8 Å². The number of allylic oxidation sites excluding steroid dienone is 2. The Balaban J connectivity index is 0.000000518. The first kappa shape index (κ1) is 41.9. The maximum Gasteiger partial charge on any atom is 2.00 e. The molecule has 0 atom stereocenters. The van der Waals surface area contributed by atoms with Gasteiger partial charge < -0.3 is 13.8 Å². The molecule has 248 valence electrons. The first-order valence-electron chi connectivity index (χ1n) is 16.8. The monoisotopic (exact) mass is 829 g/mol. The van der Waals surface area contributed by atoms with Crippen LogP contribution in [0.4, 0.5) is 0 Å². The Hall–Kier alpha value is -2.09. The van der Waals surface area contributed by atoms with Gasteiger partial charge in [-0.3, -0.25) is 0 Å². The molecular formula is C43H56P2Pt. The quantitative estimate of drug-likeness (QED) is 0.0406. The van der Waals surface area contributed by atoms with Crippen LogP contribution in [0.1, 0.15) is 70.6 Å². The summed E-state index contributed by atoms with van der Waals surface area (Å²) in [4.78, 5) is 0. The fourth-order valence-corrected chi connectivity index (χ4v) is 9.87. The molecule has 4 aromatic rings. The van der Waals surface area contributed by atoms with Gasteiger partial charge in [0.15, 0.2) is 0 Å². The summed E-state index contributed by atoms with van der Waals surface area (Å²) in [6.07, 6.45) is 19.9. The second-order valence-corrected chi connectivity index (χ2v) is 15.7. The van der Waals surface area contributed by atoms with Crippen LogP contribution in [0.15, 0.2) is 147 Å². The summed E-state index contributed by atoms with van der Waals surface area (Å²) in [5.41, 5.74) is 0. The number of hydrogen-bond donors (Lipinski definition) is 0. The molecule has 0 spiro atoms. The van der Waals surface area contributed by atoms with E-state index in [-0.39, 0.29) is 36.9 Å². The van der Waals surface area contributed by atoms with Crippen molar-refractivity contribution in [3.05, 3.63) is 160 Å². The third-order valence-corrected chi connectivity index (χ3v) is 12.6. The zero-order valence-corrected chi connectivity index (χ0v) is 32.0. The van der Waals surface area contributed by atoms with Crippen molar-refractivity contribution in [2.24, 2.45) is 0 Å². The molecule has 0 N–H and O–H groups in total. The van der Waals surface area contributed by atoms with Crippen molar-refractivity contribution >= 4 is 37.1 Å². The van der Waals surface area contributed by atoms with Crippen molar-refractivity contribution in [3.63, 3.8) is 0 Å². The minimum atomic E-state index is -0.309. The summed E-state index contributed by atoms with van der Waals surface area (Å²) in [5.74, 6) is 0. The van der Waals surface area contributed by atoms with E-state index in [2.05, 4.69) is 148 Å². The molecule has 0 bridgehead atoms. The van der Waals surface area contributed by atoms with E-state index in [4.69, 9.17) is 0 Å². The largest absolute Gasteiger partial charge is 2.00 e. The smallest absolute Gasteiger partial charge is 0.343 e. The van der Waals surface area contributed by atoms with Crippen molar-refractivity contribution in [2.75, 3.05) is 12.3 Å². The van der Waals surface area contributed by atoms with Crippen LogP contribution in [-0.2, 0) is 21.1 Å². The first-order valence-corrected chi connectivity index (χ1v) is 19.9. The van der Waals surface area contributed by atoms with Gasteiger partial charge >= 0.3 is 21.1 Å². The van der Waals surface area contributed by atoms with E-state index in [1.807, 2.05) is 12.2 Å². The van der Waals surface area contributed by atoms with Crippen molar-refractivity contribution in [3.8, 4) is 0 Å². The van der Waals surface area contributed by atoms with Gasteiger partial charge in [0.05, 0.1) is 0 Å². The summed E-state index contributed by atoms with van der Waals surface area (Å²) in [6, 6.07) is 44.3. The zero-order chi connectivity index (χ0) is 32.2. The number of rotatable bonds is 18. The van der Waals surface area contributed by atoms with Crippen LogP contribution in [-0.4, -0.2) is 12.3 Å². The molecule has 0 saturated heterocycles. The fraction of sp³-hybridized carbons (Fsp3) is 0.302.